The zero-order valence-corrected chi connectivity index (χ0v) is 61.3. The Morgan fingerprint density at radius 1 is 0.660 bits per heavy atom. The van der Waals surface area contributed by atoms with Crippen LogP contribution in [0.15, 0.2) is 36.1 Å². The normalized spacial score (nSPS) is 42.5. The predicted octanol–water partition coefficient (Wildman–Crippen LogP) is 8.48. The van der Waals surface area contributed by atoms with Crippen molar-refractivity contribution in [1.82, 2.24) is 0 Å². The number of alkyl halides is 1. The van der Waals surface area contributed by atoms with Crippen molar-refractivity contribution in [3.8, 4) is 0 Å². The summed E-state index contributed by atoms with van der Waals surface area (Å²) < 4.78 is 48.8. The lowest BCUT2D eigenvalue weighted by atomic mass is 9.37. The van der Waals surface area contributed by atoms with Crippen molar-refractivity contribution < 1.29 is 102 Å². The van der Waals surface area contributed by atoms with Crippen molar-refractivity contribution >= 4 is 51.2 Å². The first-order chi connectivity index (χ1) is 45.4. The Morgan fingerprint density at radius 3 is 1.62 bits per heavy atom. The summed E-state index contributed by atoms with van der Waals surface area (Å²) in [6, 6.07) is 0. The highest BCUT2D eigenvalue weighted by molar-refractivity contribution is 9.09. The van der Waals surface area contributed by atoms with E-state index in [2.05, 4.69) is 22.5 Å². The number of ketones is 3. The molecule has 8 aliphatic carbocycles. The molecule has 0 amide bonds. The molecule has 12 rings (SSSR count). The van der Waals surface area contributed by atoms with Crippen molar-refractivity contribution in [2.75, 3.05) is 18.5 Å². The second-order valence-electron chi connectivity index (χ2n) is 33.2. The van der Waals surface area contributed by atoms with Gasteiger partial charge >= 0.3 is 17.9 Å². The summed E-state index contributed by atoms with van der Waals surface area (Å²) in [5, 5.41) is 82.2. The lowest BCUT2D eigenvalue weighted by Crippen LogP contribution is -2.78. The molecular weight excluding hydrogens is 1320 g/mol. The van der Waals surface area contributed by atoms with Gasteiger partial charge in [0.05, 0.1) is 60.6 Å². The third kappa shape index (κ3) is 12.2. The number of Topliss-reactive ketones (excluding diaryl/α,β-unsaturated/α-hetero) is 1. The molecule has 0 aromatic heterocycles. The van der Waals surface area contributed by atoms with Gasteiger partial charge in [0.25, 0.3) is 0 Å². The van der Waals surface area contributed by atoms with E-state index in [1.165, 1.54) is 38.2 Å². The van der Waals surface area contributed by atoms with E-state index in [4.69, 9.17) is 37.9 Å². The van der Waals surface area contributed by atoms with E-state index >= 15 is 0 Å². The van der Waals surface area contributed by atoms with Crippen molar-refractivity contribution in [2.24, 2.45) is 98.6 Å². The number of fused-ring (bicyclic) bond motifs is 2. The molecule has 7 unspecified atom stereocenters. The lowest BCUT2D eigenvalue weighted by Gasteiger charge is -2.68. The van der Waals surface area contributed by atoms with Gasteiger partial charge in [-0.3, -0.25) is 24.0 Å². The molecule has 10 fully saturated rings. The topological polar surface area (TPSA) is 318 Å². The number of rotatable bonds is 18. The zero-order valence-electron chi connectivity index (χ0n) is 59.7. The number of aliphatic hydroxyl groups is 7. The number of hydrogen-bond acceptors (Lipinski definition) is 21. The van der Waals surface area contributed by atoms with Crippen LogP contribution in [0.5, 0.6) is 0 Å². The monoisotopic (exact) mass is 1430 g/mol. The van der Waals surface area contributed by atoms with Crippen molar-refractivity contribution in [3.63, 3.8) is 0 Å². The minimum Gasteiger partial charge on any atom is -0.499 e. The third-order valence-electron chi connectivity index (χ3n) is 27.2. The number of carbonyl (C=O) groups excluding carboxylic acids is 6. The van der Waals surface area contributed by atoms with Gasteiger partial charge in [-0.15, -0.1) is 0 Å². The molecule has 4 heterocycles. The van der Waals surface area contributed by atoms with Crippen LogP contribution in [0.4, 0.5) is 0 Å². The maximum Gasteiger partial charge on any atom is 0.348 e. The third-order valence-corrected chi connectivity index (χ3v) is 27.7. The number of allylic oxidation sites excluding steroid dienone is 2. The number of halogens is 1. The summed E-state index contributed by atoms with van der Waals surface area (Å²) in [5.41, 5.74) is -5.58. The highest BCUT2D eigenvalue weighted by Crippen LogP contribution is 2.76. The summed E-state index contributed by atoms with van der Waals surface area (Å²) in [6.07, 6.45) is 7.69. The van der Waals surface area contributed by atoms with Crippen LogP contribution >= 0.6 is 15.9 Å². The summed E-state index contributed by atoms with van der Waals surface area (Å²) in [5.74, 6) is -14.5. The fraction of sp³-hybridized carbons (Fsp3) is 0.840. The Labute approximate surface area is 581 Å². The maximum absolute atomic E-state index is 14.1. The van der Waals surface area contributed by atoms with Gasteiger partial charge in [0.15, 0.2) is 29.4 Å². The standard InChI is InChI=1S/C37H55BrO11.C30H44O9.C8H14O/c1-18(2)36(43,19(3)4)15-26(40)48-29-28-21(6)30(41)37(44)33-34(7)23(14-25(47-32(29)42)35(28,33)17-45-37)20(5)13-24(39)31(34)49-27(16-38)46-22-11-9-8-10-12-22;1-13(2)29(36,14(3)4)11-17(31)9-18-22-16(6)23(33)30(37)26-27(7)19(15(5)8-20(32)24(27)34)10-21(39-25(18)35)28(22,26)12-38-30;1-2-9-8-6-4-3-5-7-8/h13,18-19,21-23,25,27-31,33,41,43-44H,8-12,14-17H2,1-7H3;8,13-14,16,18-19,21-24,26,33-34,36-37H,9-12H2,1-7H3;2,8H,1,3-7H2/t21-,23+,25-,27?,28?,29?,30-,31-,33?,34-,35+,37+;16-,18?,19+,21-,22?,23-,24-,26?,27-,28+,30+;/m11./s1. The Balaban J connectivity index is 0.000000190. The molecule has 7 N–H and O–H groups in total. The molecule has 23 atom stereocenters. The van der Waals surface area contributed by atoms with Crippen LogP contribution in [-0.4, -0.2) is 174 Å². The van der Waals surface area contributed by atoms with Crippen molar-refractivity contribution in [3.05, 3.63) is 36.1 Å². The Hall–Kier alpha value is -3.52. The molecule has 4 saturated heterocycles. The second kappa shape index (κ2) is 27.9. The van der Waals surface area contributed by atoms with E-state index in [1.807, 2.05) is 69.2 Å². The first kappa shape index (κ1) is 76.1. The minimum absolute atomic E-state index is 0.00730. The fourth-order valence-electron chi connectivity index (χ4n) is 22.2. The van der Waals surface area contributed by atoms with Gasteiger partial charge in [-0.05, 0) is 131 Å². The van der Waals surface area contributed by atoms with E-state index in [-0.39, 0.29) is 85.7 Å². The summed E-state index contributed by atoms with van der Waals surface area (Å²) in [4.78, 5) is 81.5. The lowest BCUT2D eigenvalue weighted by molar-refractivity contribution is -0.346. The molecule has 546 valence electrons. The molecule has 21 nitrogen and oxygen atoms in total. The van der Waals surface area contributed by atoms with E-state index in [0.29, 0.717) is 24.3 Å². The minimum atomic E-state index is -2.11. The molecule has 6 saturated carbocycles. The van der Waals surface area contributed by atoms with Gasteiger partial charge < -0.3 is 73.6 Å². The Kier molecular flexibility index (Phi) is 21.9. The smallest absolute Gasteiger partial charge is 0.348 e. The van der Waals surface area contributed by atoms with Crippen LogP contribution in [0.2, 0.25) is 0 Å². The van der Waals surface area contributed by atoms with E-state index in [9.17, 15) is 64.5 Å². The highest BCUT2D eigenvalue weighted by atomic mass is 79.9. The van der Waals surface area contributed by atoms with Crippen LogP contribution in [0.3, 0.4) is 0 Å². The van der Waals surface area contributed by atoms with Gasteiger partial charge in [0.2, 0.25) is 6.10 Å². The van der Waals surface area contributed by atoms with Crippen LogP contribution < -0.4 is 0 Å². The van der Waals surface area contributed by atoms with Crippen LogP contribution in [0, 0.1) is 98.6 Å². The van der Waals surface area contributed by atoms with Crippen LogP contribution in [-0.2, 0) is 66.7 Å². The molecular formula is C75H113BrO21. The molecule has 2 spiro atoms. The SMILES string of the molecule is C=COC1CCCCC1.CC1=CC(=O)[C@@H](O)[C@]2(C)C3[C@]45CO[C@@]3(O)[C@H](O)[C@H](C)C4C(CC(=O)CC(O)(C(C)C)C(C)C)C(=O)O[C@@H]5C[C@@H]12.CC1=CC(=O)[C@@H](OC(CBr)OC2CCCCC2)[C@]2(C)C3[C@]45CO[C@@]3(O)[C@H](O)[C@H](C)C4C(OC(=O)CC(O)(C(C)C)C(C)C)C(=O)O[C@@H]5C[C@@H]12. The molecule has 97 heavy (non-hydrogen) atoms. The van der Waals surface area contributed by atoms with E-state index < -0.39 is 159 Å². The number of ether oxygens (including phenoxy) is 8. The molecule has 22 heteroatoms. The second-order valence-corrected chi connectivity index (χ2v) is 33.9. The summed E-state index contributed by atoms with van der Waals surface area (Å²) >= 11 is 3.54. The number of hydrogen-bond donors (Lipinski definition) is 7. The fourth-order valence-corrected chi connectivity index (χ4v) is 22.5. The largest absolute Gasteiger partial charge is 0.499 e. The molecule has 0 aromatic rings. The number of aliphatic hydroxyl groups excluding tert-OH is 3. The molecule has 12 aliphatic rings. The van der Waals surface area contributed by atoms with E-state index in [1.54, 1.807) is 40.0 Å². The van der Waals surface area contributed by atoms with Gasteiger partial charge in [0, 0.05) is 52.3 Å². The predicted molar refractivity (Wildman–Crippen MR) is 357 cm³/mol. The molecule has 4 bridgehead atoms. The van der Waals surface area contributed by atoms with Gasteiger partial charge in [-0.25, -0.2) is 4.79 Å². The van der Waals surface area contributed by atoms with Gasteiger partial charge in [0.1, 0.15) is 42.4 Å². The first-order valence-electron chi connectivity index (χ1n) is 36.3. The zero-order chi connectivity index (χ0) is 71.4. The van der Waals surface area contributed by atoms with E-state index in [0.717, 1.165) is 43.3 Å². The van der Waals surface area contributed by atoms with Crippen LogP contribution in [0.1, 0.15) is 193 Å². The number of esters is 3. The Morgan fingerprint density at radius 2 is 1.11 bits per heavy atom. The first-order valence-corrected chi connectivity index (χ1v) is 37.4. The summed E-state index contributed by atoms with van der Waals surface area (Å²) in [7, 11) is 0. The average Bonchev–Trinajstić information content (AvgIpc) is 1.58. The Bertz CT molecular complexity index is 3020. The maximum atomic E-state index is 14.1. The van der Waals surface area contributed by atoms with Crippen LogP contribution in [0.25, 0.3) is 0 Å². The van der Waals surface area contributed by atoms with Gasteiger partial charge in [-0.2, -0.15) is 0 Å². The molecule has 0 aromatic carbocycles. The summed E-state index contributed by atoms with van der Waals surface area (Å²) in [6.45, 7) is 29.0. The molecule has 0 radical (unpaired) electrons. The average molecular weight is 1430 g/mol. The van der Waals surface area contributed by atoms with Gasteiger partial charge in [-0.1, -0.05) is 142 Å². The van der Waals surface area contributed by atoms with Crippen molar-refractivity contribution in [2.45, 2.75) is 277 Å². The highest BCUT2D eigenvalue weighted by Gasteiger charge is 2.85. The molecule has 4 aliphatic heterocycles. The van der Waals surface area contributed by atoms with Crippen molar-refractivity contribution in [1.29, 1.82) is 0 Å². The number of carbonyl (C=O) groups is 6. The quantitative estimate of drug-likeness (QED) is 0.0222.